The van der Waals surface area contributed by atoms with Gasteiger partial charge in [-0.1, -0.05) is 26.2 Å². The van der Waals surface area contributed by atoms with E-state index < -0.39 is 0 Å². The van der Waals surface area contributed by atoms with Gasteiger partial charge in [0.25, 0.3) is 0 Å². The zero-order valence-corrected chi connectivity index (χ0v) is 8.28. The van der Waals surface area contributed by atoms with Crippen LogP contribution in [0.15, 0.2) is 18.7 Å². The van der Waals surface area contributed by atoms with Gasteiger partial charge in [-0.15, -0.1) is 0 Å². The molecule has 3 heteroatoms. The minimum absolute atomic E-state index is 0.631. The number of rotatable bonds is 7. The summed E-state index contributed by atoms with van der Waals surface area (Å²) in [4.78, 5) is 3.93. The van der Waals surface area contributed by atoms with Crippen molar-refractivity contribution in [1.29, 1.82) is 0 Å². The van der Waals surface area contributed by atoms with Crippen molar-refractivity contribution in [3.8, 4) is 0 Å². The summed E-state index contributed by atoms with van der Waals surface area (Å²) in [7, 11) is 0. The highest BCUT2D eigenvalue weighted by atomic mass is 16.5. The second-order valence-corrected chi connectivity index (χ2v) is 3.17. The quantitative estimate of drug-likeness (QED) is 0.605. The minimum Gasteiger partial charge on any atom is -0.361 e. The van der Waals surface area contributed by atoms with Gasteiger partial charge in [0.05, 0.1) is 6.33 Å². The highest BCUT2D eigenvalue weighted by Crippen LogP contribution is 1.99. The average Bonchev–Trinajstić information content (AvgIpc) is 2.63. The van der Waals surface area contributed by atoms with Crippen molar-refractivity contribution in [1.82, 2.24) is 9.55 Å². The summed E-state index contributed by atoms with van der Waals surface area (Å²) in [6.45, 7) is 3.71. The Balaban J connectivity index is 1.90. The smallest absolute Gasteiger partial charge is 0.123 e. The van der Waals surface area contributed by atoms with Gasteiger partial charge in [0, 0.05) is 19.0 Å². The number of aromatic nitrogens is 2. The zero-order chi connectivity index (χ0) is 9.36. The number of unbranched alkanes of at least 4 members (excludes halogenated alkanes) is 3. The van der Waals surface area contributed by atoms with E-state index in [0.717, 1.165) is 6.61 Å². The Kier molecular flexibility index (Phi) is 5.25. The summed E-state index contributed by atoms with van der Waals surface area (Å²) in [6, 6.07) is 0. The van der Waals surface area contributed by atoms with E-state index in [1.807, 2.05) is 10.8 Å². The highest BCUT2D eigenvalue weighted by Gasteiger charge is 1.90. The molecule has 13 heavy (non-hydrogen) atoms. The SMILES string of the molecule is CCCCCCOCn1ccnc1. The van der Waals surface area contributed by atoms with Crippen molar-refractivity contribution < 1.29 is 4.74 Å². The molecule has 0 unspecified atom stereocenters. The monoisotopic (exact) mass is 182 g/mol. The molecule has 0 aliphatic rings. The molecule has 1 aromatic heterocycles. The Bertz CT molecular complexity index is 197. The molecule has 0 N–H and O–H groups in total. The average molecular weight is 182 g/mol. The molecule has 1 rings (SSSR count). The van der Waals surface area contributed by atoms with Crippen LogP contribution in [0, 0.1) is 0 Å². The third kappa shape index (κ3) is 4.68. The number of imidazole rings is 1. The Morgan fingerprint density at radius 3 is 2.92 bits per heavy atom. The fourth-order valence-corrected chi connectivity index (χ4v) is 1.16. The van der Waals surface area contributed by atoms with Gasteiger partial charge in [-0.05, 0) is 6.42 Å². The van der Waals surface area contributed by atoms with Crippen molar-refractivity contribution in [2.75, 3.05) is 6.61 Å². The maximum atomic E-state index is 5.45. The standard InChI is InChI=1S/C10H18N2O/c1-2-3-4-5-8-13-10-12-7-6-11-9-12/h6-7,9H,2-5,8,10H2,1H3. The van der Waals surface area contributed by atoms with Gasteiger partial charge < -0.3 is 9.30 Å². The van der Waals surface area contributed by atoms with Crippen LogP contribution in [-0.2, 0) is 11.5 Å². The van der Waals surface area contributed by atoms with Crippen molar-refractivity contribution in [2.45, 2.75) is 39.3 Å². The summed E-state index contributed by atoms with van der Waals surface area (Å²) in [5.74, 6) is 0. The van der Waals surface area contributed by atoms with E-state index in [1.165, 1.54) is 25.7 Å². The van der Waals surface area contributed by atoms with E-state index in [4.69, 9.17) is 4.74 Å². The van der Waals surface area contributed by atoms with Crippen LogP contribution in [-0.4, -0.2) is 16.2 Å². The lowest BCUT2D eigenvalue weighted by atomic mass is 10.2. The molecule has 0 saturated carbocycles. The second-order valence-electron chi connectivity index (χ2n) is 3.17. The van der Waals surface area contributed by atoms with Crippen LogP contribution in [0.5, 0.6) is 0 Å². The maximum absolute atomic E-state index is 5.45. The van der Waals surface area contributed by atoms with Crippen molar-refractivity contribution in [3.63, 3.8) is 0 Å². The van der Waals surface area contributed by atoms with E-state index in [2.05, 4.69) is 11.9 Å². The third-order valence-electron chi connectivity index (χ3n) is 1.94. The predicted molar refractivity (Wildman–Crippen MR) is 52.3 cm³/mol. The molecule has 0 aliphatic carbocycles. The van der Waals surface area contributed by atoms with Crippen molar-refractivity contribution >= 4 is 0 Å². The summed E-state index contributed by atoms with van der Waals surface area (Å²) >= 11 is 0. The number of hydrogen-bond acceptors (Lipinski definition) is 2. The topological polar surface area (TPSA) is 27.1 Å². The first-order chi connectivity index (χ1) is 6.43. The van der Waals surface area contributed by atoms with E-state index in [0.29, 0.717) is 6.73 Å². The summed E-state index contributed by atoms with van der Waals surface area (Å²) in [5, 5.41) is 0. The van der Waals surface area contributed by atoms with Gasteiger partial charge >= 0.3 is 0 Å². The highest BCUT2D eigenvalue weighted by molar-refractivity contribution is 4.71. The lowest BCUT2D eigenvalue weighted by Crippen LogP contribution is -2.01. The molecule has 1 heterocycles. The van der Waals surface area contributed by atoms with Gasteiger partial charge in [0.2, 0.25) is 0 Å². The van der Waals surface area contributed by atoms with Gasteiger partial charge in [-0.3, -0.25) is 0 Å². The van der Waals surface area contributed by atoms with Gasteiger partial charge in [-0.2, -0.15) is 0 Å². The molecule has 3 nitrogen and oxygen atoms in total. The Morgan fingerprint density at radius 1 is 1.31 bits per heavy atom. The van der Waals surface area contributed by atoms with Crippen LogP contribution in [0.3, 0.4) is 0 Å². The molecular weight excluding hydrogens is 164 g/mol. The van der Waals surface area contributed by atoms with Crippen LogP contribution in [0.25, 0.3) is 0 Å². The lowest BCUT2D eigenvalue weighted by Gasteiger charge is -2.03. The zero-order valence-electron chi connectivity index (χ0n) is 8.28. The fourth-order valence-electron chi connectivity index (χ4n) is 1.16. The molecule has 0 saturated heterocycles. The molecule has 0 atom stereocenters. The van der Waals surface area contributed by atoms with E-state index in [9.17, 15) is 0 Å². The van der Waals surface area contributed by atoms with E-state index in [-0.39, 0.29) is 0 Å². The number of ether oxygens (including phenoxy) is 1. The summed E-state index contributed by atoms with van der Waals surface area (Å²) in [6.07, 6.45) is 10.5. The molecule has 74 valence electrons. The number of nitrogens with zero attached hydrogens (tertiary/aromatic N) is 2. The third-order valence-corrected chi connectivity index (χ3v) is 1.94. The number of hydrogen-bond donors (Lipinski definition) is 0. The van der Waals surface area contributed by atoms with Crippen molar-refractivity contribution in [3.05, 3.63) is 18.7 Å². The molecule has 0 fully saturated rings. The first-order valence-corrected chi connectivity index (χ1v) is 4.97. The summed E-state index contributed by atoms with van der Waals surface area (Å²) in [5.41, 5.74) is 0. The van der Waals surface area contributed by atoms with Crippen LogP contribution < -0.4 is 0 Å². The molecule has 0 aliphatic heterocycles. The first-order valence-electron chi connectivity index (χ1n) is 4.97. The molecule has 0 radical (unpaired) electrons. The van der Waals surface area contributed by atoms with Gasteiger partial charge in [-0.25, -0.2) is 4.98 Å². The van der Waals surface area contributed by atoms with Crippen LogP contribution in [0.4, 0.5) is 0 Å². The lowest BCUT2D eigenvalue weighted by molar-refractivity contribution is 0.0738. The molecule has 0 spiro atoms. The Labute approximate surface area is 79.7 Å². The predicted octanol–water partition coefficient (Wildman–Crippen LogP) is 2.44. The van der Waals surface area contributed by atoms with Crippen LogP contribution in [0.1, 0.15) is 32.6 Å². The van der Waals surface area contributed by atoms with Gasteiger partial charge in [0.15, 0.2) is 0 Å². The Hall–Kier alpha value is -0.830. The minimum atomic E-state index is 0.631. The second kappa shape index (κ2) is 6.66. The fraction of sp³-hybridized carbons (Fsp3) is 0.700. The normalized spacial score (nSPS) is 10.5. The van der Waals surface area contributed by atoms with Crippen LogP contribution in [0.2, 0.25) is 0 Å². The maximum Gasteiger partial charge on any atom is 0.123 e. The molecule has 0 aromatic carbocycles. The summed E-state index contributed by atoms with van der Waals surface area (Å²) < 4.78 is 7.38. The van der Waals surface area contributed by atoms with E-state index in [1.54, 1.807) is 12.5 Å². The Morgan fingerprint density at radius 2 is 2.23 bits per heavy atom. The van der Waals surface area contributed by atoms with Crippen LogP contribution >= 0.6 is 0 Å². The first kappa shape index (κ1) is 10.3. The van der Waals surface area contributed by atoms with Gasteiger partial charge in [0.1, 0.15) is 6.73 Å². The molecular formula is C10H18N2O. The molecule has 1 aromatic rings. The van der Waals surface area contributed by atoms with E-state index >= 15 is 0 Å². The molecule has 0 amide bonds. The molecule has 0 bridgehead atoms. The van der Waals surface area contributed by atoms with Crippen molar-refractivity contribution in [2.24, 2.45) is 0 Å². The largest absolute Gasteiger partial charge is 0.361 e.